The summed E-state index contributed by atoms with van der Waals surface area (Å²) >= 11 is 0. The van der Waals surface area contributed by atoms with E-state index in [1.54, 1.807) is 0 Å². The van der Waals surface area contributed by atoms with Gasteiger partial charge in [0.15, 0.2) is 0 Å². The molecule has 4 heteroatoms. The zero-order chi connectivity index (χ0) is 18.1. The van der Waals surface area contributed by atoms with Crippen LogP contribution in [-0.2, 0) is 4.79 Å². The van der Waals surface area contributed by atoms with Gasteiger partial charge in [-0.2, -0.15) is 9.90 Å². The Morgan fingerprint density at radius 2 is 0.962 bits per heavy atom. The Bertz CT molecular complexity index is 674. The fourth-order valence-corrected chi connectivity index (χ4v) is 7.08. The Labute approximate surface area is 160 Å². The standard InChI is InChI=1S/C20H20P.C2H4O2.H3P/c1-2-21(18-12-6-3-7-13-18,19-14-8-4-9-15-19)20-16-10-5-11-17-20;1-2(3)4;/h3-17H,2H2,1H3;1H3,(H,3,4);1H3/q+1;;. The summed E-state index contributed by atoms with van der Waals surface area (Å²) in [7, 11) is -1.53. The van der Waals surface area contributed by atoms with Crippen LogP contribution in [0.4, 0.5) is 0 Å². The summed E-state index contributed by atoms with van der Waals surface area (Å²) in [5, 5.41) is 11.8. The molecule has 26 heavy (non-hydrogen) atoms. The molecule has 0 aromatic heterocycles. The molecule has 3 rings (SSSR count). The van der Waals surface area contributed by atoms with E-state index in [1.165, 1.54) is 15.9 Å². The van der Waals surface area contributed by atoms with Crippen molar-refractivity contribution in [3.05, 3.63) is 91.0 Å². The maximum atomic E-state index is 9.00. The highest BCUT2D eigenvalue weighted by Crippen LogP contribution is 2.54. The lowest BCUT2D eigenvalue weighted by atomic mass is 10.4. The number of benzene rings is 3. The molecule has 0 amide bonds. The molecule has 136 valence electrons. The van der Waals surface area contributed by atoms with Gasteiger partial charge < -0.3 is 5.11 Å². The monoisotopic (exact) mass is 385 g/mol. The van der Waals surface area contributed by atoms with Gasteiger partial charge in [-0.1, -0.05) is 54.6 Å². The minimum absolute atomic E-state index is 0. The molecule has 1 atom stereocenters. The fraction of sp³-hybridized carbons (Fsp3) is 0.136. The normalized spacial score (nSPS) is 10.1. The van der Waals surface area contributed by atoms with Gasteiger partial charge in [0, 0.05) is 6.92 Å². The van der Waals surface area contributed by atoms with Crippen LogP contribution in [0.1, 0.15) is 13.8 Å². The zero-order valence-corrected chi connectivity index (χ0v) is 17.7. The first-order valence-corrected chi connectivity index (χ1v) is 10.3. The van der Waals surface area contributed by atoms with Crippen molar-refractivity contribution in [3.8, 4) is 0 Å². The second-order valence-electron chi connectivity index (χ2n) is 5.65. The van der Waals surface area contributed by atoms with Crippen LogP contribution < -0.4 is 15.9 Å². The number of hydrogen-bond donors (Lipinski definition) is 1. The minimum atomic E-state index is -1.53. The first-order valence-electron chi connectivity index (χ1n) is 8.35. The van der Waals surface area contributed by atoms with E-state index in [-0.39, 0.29) is 9.90 Å². The lowest BCUT2D eigenvalue weighted by Gasteiger charge is -2.26. The van der Waals surface area contributed by atoms with Gasteiger partial charge in [0.25, 0.3) is 5.97 Å². The van der Waals surface area contributed by atoms with Crippen LogP contribution in [0.15, 0.2) is 91.0 Å². The molecule has 3 aromatic carbocycles. The predicted molar refractivity (Wildman–Crippen MR) is 120 cm³/mol. The number of rotatable bonds is 4. The third kappa shape index (κ3) is 5.24. The molecular formula is C22H27O2P2+. The zero-order valence-electron chi connectivity index (χ0n) is 15.4. The van der Waals surface area contributed by atoms with Gasteiger partial charge in [-0.15, -0.1) is 0 Å². The topological polar surface area (TPSA) is 37.3 Å². The van der Waals surface area contributed by atoms with Gasteiger partial charge >= 0.3 is 0 Å². The highest BCUT2D eigenvalue weighted by molar-refractivity contribution is 7.95. The van der Waals surface area contributed by atoms with Crippen LogP contribution in [0.25, 0.3) is 0 Å². The number of carboxylic acid groups (broad SMARTS) is 1. The molecule has 0 saturated carbocycles. The van der Waals surface area contributed by atoms with E-state index in [9.17, 15) is 0 Å². The van der Waals surface area contributed by atoms with Crippen molar-refractivity contribution in [2.24, 2.45) is 0 Å². The van der Waals surface area contributed by atoms with Crippen molar-refractivity contribution in [2.45, 2.75) is 13.8 Å². The average Bonchev–Trinajstić information content (AvgIpc) is 2.65. The van der Waals surface area contributed by atoms with Crippen LogP contribution >= 0.6 is 17.2 Å². The summed E-state index contributed by atoms with van der Waals surface area (Å²) in [5.74, 6) is -0.833. The molecule has 0 fully saturated rings. The van der Waals surface area contributed by atoms with Gasteiger partial charge in [-0.05, 0) is 43.3 Å². The lowest BCUT2D eigenvalue weighted by Crippen LogP contribution is -2.32. The summed E-state index contributed by atoms with van der Waals surface area (Å²) < 4.78 is 0. The average molecular weight is 385 g/mol. The van der Waals surface area contributed by atoms with Crippen molar-refractivity contribution < 1.29 is 9.90 Å². The Balaban J connectivity index is 0.000000616. The number of carboxylic acids is 1. The minimum Gasteiger partial charge on any atom is -0.481 e. The molecule has 0 radical (unpaired) electrons. The summed E-state index contributed by atoms with van der Waals surface area (Å²) in [6.07, 6.45) is 1.14. The van der Waals surface area contributed by atoms with E-state index < -0.39 is 13.2 Å². The molecule has 1 N–H and O–H groups in total. The van der Waals surface area contributed by atoms with Crippen molar-refractivity contribution >= 4 is 39.0 Å². The highest BCUT2D eigenvalue weighted by atomic mass is 31.2. The molecule has 0 spiro atoms. The van der Waals surface area contributed by atoms with E-state index in [0.717, 1.165) is 13.1 Å². The fourth-order valence-electron chi connectivity index (χ4n) is 3.04. The molecule has 3 aromatic rings. The van der Waals surface area contributed by atoms with Gasteiger partial charge in [-0.3, -0.25) is 4.79 Å². The second kappa shape index (κ2) is 10.9. The van der Waals surface area contributed by atoms with E-state index in [1.807, 2.05) is 0 Å². The van der Waals surface area contributed by atoms with Gasteiger partial charge in [0.1, 0.15) is 23.2 Å². The van der Waals surface area contributed by atoms with Crippen molar-refractivity contribution in [1.29, 1.82) is 0 Å². The number of hydrogen-bond acceptors (Lipinski definition) is 1. The maximum absolute atomic E-state index is 9.00. The Morgan fingerprint density at radius 1 is 0.731 bits per heavy atom. The van der Waals surface area contributed by atoms with Crippen molar-refractivity contribution in [2.75, 3.05) is 6.16 Å². The third-order valence-electron chi connectivity index (χ3n) is 4.07. The molecule has 0 saturated heterocycles. The van der Waals surface area contributed by atoms with Crippen LogP contribution in [0.5, 0.6) is 0 Å². The Hall–Kier alpha value is -2.01. The SMILES string of the molecule is CC(=O)O.CC[P+](c1ccccc1)(c1ccccc1)c1ccccc1.P. The van der Waals surface area contributed by atoms with Crippen LogP contribution in [0.2, 0.25) is 0 Å². The molecule has 0 aliphatic rings. The number of aliphatic carboxylic acids is 1. The van der Waals surface area contributed by atoms with Gasteiger partial charge in [0.2, 0.25) is 0 Å². The molecule has 1 unspecified atom stereocenters. The first-order chi connectivity index (χ1) is 12.1. The summed E-state index contributed by atoms with van der Waals surface area (Å²) in [5.41, 5.74) is 0. The van der Waals surface area contributed by atoms with Crippen molar-refractivity contribution in [1.82, 2.24) is 0 Å². The second-order valence-corrected chi connectivity index (χ2v) is 9.45. The summed E-state index contributed by atoms with van der Waals surface area (Å²) in [4.78, 5) is 9.00. The van der Waals surface area contributed by atoms with Gasteiger partial charge in [-0.25, -0.2) is 0 Å². The van der Waals surface area contributed by atoms with Crippen LogP contribution in [-0.4, -0.2) is 17.2 Å². The van der Waals surface area contributed by atoms with E-state index in [4.69, 9.17) is 9.90 Å². The first kappa shape index (κ1) is 22.0. The highest BCUT2D eigenvalue weighted by Gasteiger charge is 2.43. The quantitative estimate of drug-likeness (QED) is 0.685. The lowest BCUT2D eigenvalue weighted by molar-refractivity contribution is -0.134. The number of carbonyl (C=O) groups is 1. The van der Waals surface area contributed by atoms with Crippen LogP contribution in [0, 0.1) is 0 Å². The van der Waals surface area contributed by atoms with E-state index in [0.29, 0.717) is 0 Å². The molecule has 0 aliphatic carbocycles. The largest absolute Gasteiger partial charge is 0.481 e. The van der Waals surface area contributed by atoms with Crippen LogP contribution in [0.3, 0.4) is 0 Å². The molecule has 0 heterocycles. The Morgan fingerprint density at radius 3 is 1.15 bits per heavy atom. The molecule has 0 aliphatic heterocycles. The van der Waals surface area contributed by atoms with E-state index >= 15 is 0 Å². The smallest absolute Gasteiger partial charge is 0.300 e. The van der Waals surface area contributed by atoms with Gasteiger partial charge in [0.05, 0.1) is 6.16 Å². The molecule has 2 nitrogen and oxygen atoms in total. The summed E-state index contributed by atoms with van der Waals surface area (Å²) in [6.45, 7) is 3.40. The molecule has 0 bridgehead atoms. The molecular weight excluding hydrogens is 358 g/mol. The summed E-state index contributed by atoms with van der Waals surface area (Å²) in [6, 6.07) is 33.0. The predicted octanol–water partition coefficient (Wildman–Crippen LogP) is 4.15. The van der Waals surface area contributed by atoms with Crippen molar-refractivity contribution in [3.63, 3.8) is 0 Å². The van der Waals surface area contributed by atoms with E-state index in [2.05, 4.69) is 97.9 Å². The Kier molecular flexibility index (Phi) is 9.21. The maximum Gasteiger partial charge on any atom is 0.300 e. The third-order valence-corrected chi connectivity index (χ3v) is 8.55.